The Kier molecular flexibility index (Phi) is 25.8. The average Bonchev–Trinajstić information content (AvgIpc) is 3.03. The molecular weight excluding hydrogens is 656 g/mol. The topological polar surface area (TPSA) is 182 Å². The average molecular weight is 723 g/mol. The molecule has 0 radical (unpaired) electrons. The van der Waals surface area contributed by atoms with Gasteiger partial charge in [-0.15, -0.1) is 0 Å². The van der Waals surface area contributed by atoms with Gasteiger partial charge in [0.1, 0.15) is 0 Å². The van der Waals surface area contributed by atoms with Crippen molar-refractivity contribution in [3.63, 3.8) is 0 Å². The molecule has 1 heterocycles. The normalized spacial score (nSPS) is 18.4. The monoisotopic (exact) mass is 722 g/mol. The zero-order valence-electron chi connectivity index (χ0n) is 30.4. The molecule has 0 spiro atoms. The van der Waals surface area contributed by atoms with Crippen LogP contribution in [0.3, 0.4) is 0 Å². The molecule has 0 bridgehead atoms. The molecule has 1 atom stereocenters. The highest BCUT2D eigenvalue weighted by atomic mass is 28.4. The molecule has 1 unspecified atom stereocenters. The van der Waals surface area contributed by atoms with E-state index in [9.17, 15) is 34.8 Å². The Balaban J connectivity index is 2.85. The first-order valence-electron chi connectivity index (χ1n) is 18.2. The molecule has 15 nitrogen and oxygen atoms in total. The van der Waals surface area contributed by atoms with E-state index in [-0.39, 0.29) is 25.9 Å². The van der Waals surface area contributed by atoms with Crippen molar-refractivity contribution in [3.8, 4) is 0 Å². The second kappa shape index (κ2) is 27.9. The number of carboxylic acid groups (broad SMARTS) is 3. The van der Waals surface area contributed by atoms with E-state index in [0.29, 0.717) is 117 Å². The summed E-state index contributed by atoms with van der Waals surface area (Å²) in [7, 11) is -2.74. The number of ether oxygens (including phenoxy) is 1. The van der Waals surface area contributed by atoms with E-state index in [1.807, 2.05) is 20.8 Å². The van der Waals surface area contributed by atoms with Crippen LogP contribution >= 0.6 is 0 Å². The number of carbonyl (C=O) groups is 3. The predicted octanol–water partition coefficient (Wildman–Crippen LogP) is 2.01. The fraction of sp³-hybridized carbons (Fsp3) is 0.909. The maximum absolute atomic E-state index is 11.3. The number of aliphatic hydroxyl groups is 1. The summed E-state index contributed by atoms with van der Waals surface area (Å²) >= 11 is 0. The molecule has 16 heteroatoms. The van der Waals surface area contributed by atoms with Gasteiger partial charge in [0.15, 0.2) is 0 Å². The summed E-state index contributed by atoms with van der Waals surface area (Å²) in [6, 6.07) is 0.641. The fourth-order valence-corrected chi connectivity index (χ4v) is 8.68. The second-order valence-corrected chi connectivity index (χ2v) is 15.2. The third-order valence-corrected chi connectivity index (χ3v) is 11.5. The summed E-state index contributed by atoms with van der Waals surface area (Å²) in [6.45, 7) is 15.4. The Labute approximate surface area is 294 Å². The minimum atomic E-state index is -2.74. The van der Waals surface area contributed by atoms with Gasteiger partial charge in [-0.1, -0.05) is 0 Å². The van der Waals surface area contributed by atoms with Gasteiger partial charge < -0.3 is 58.0 Å². The smallest absolute Gasteiger partial charge is 0.481 e. The number of nitrogens with zero attached hydrogens (tertiary/aromatic N) is 4. The largest absolute Gasteiger partial charge is 0.501 e. The number of hydrogen-bond acceptors (Lipinski definition) is 12. The van der Waals surface area contributed by atoms with Crippen LogP contribution in [0.25, 0.3) is 0 Å². The summed E-state index contributed by atoms with van der Waals surface area (Å²) in [5, 5.41) is 38.8. The number of β-amino-alcohol motifs (C(OH)–C–C–N with tert-alkyl or cyclic N) is 1. The van der Waals surface area contributed by atoms with Crippen LogP contribution in [-0.2, 0) is 32.4 Å². The molecule has 0 amide bonds. The number of carboxylic acids is 3. The maximum Gasteiger partial charge on any atom is 0.501 e. The van der Waals surface area contributed by atoms with Crippen LogP contribution in [0.4, 0.5) is 0 Å². The van der Waals surface area contributed by atoms with Crippen molar-refractivity contribution in [3.05, 3.63) is 0 Å². The quantitative estimate of drug-likeness (QED) is 0.0888. The highest BCUT2D eigenvalue weighted by Crippen LogP contribution is 2.18. The SMILES string of the molecule is CCO[Si](CCCOCC(O)CN1CCCN(CCC(=O)O)CCCN(CCC(=O)O)CCCN(CCC(=O)O)CCC1)(OCC)OCC. The first kappa shape index (κ1) is 45.3. The minimum Gasteiger partial charge on any atom is -0.481 e. The molecule has 1 aliphatic rings. The van der Waals surface area contributed by atoms with Crippen molar-refractivity contribution in [2.45, 2.75) is 84.3 Å². The molecule has 0 aromatic heterocycles. The van der Waals surface area contributed by atoms with Gasteiger partial charge in [-0.2, -0.15) is 0 Å². The van der Waals surface area contributed by atoms with E-state index in [2.05, 4.69) is 19.6 Å². The molecule has 0 aliphatic carbocycles. The fourth-order valence-electron chi connectivity index (χ4n) is 6.10. The van der Waals surface area contributed by atoms with Crippen molar-refractivity contribution >= 4 is 26.7 Å². The molecule has 288 valence electrons. The van der Waals surface area contributed by atoms with E-state index in [1.165, 1.54) is 0 Å². The van der Waals surface area contributed by atoms with Gasteiger partial charge in [0.05, 0.1) is 32.0 Å². The van der Waals surface area contributed by atoms with Crippen LogP contribution in [0.2, 0.25) is 6.04 Å². The Morgan fingerprint density at radius 3 is 1.29 bits per heavy atom. The third kappa shape index (κ3) is 23.4. The van der Waals surface area contributed by atoms with Crippen LogP contribution in [0.5, 0.6) is 0 Å². The highest BCUT2D eigenvalue weighted by Gasteiger charge is 2.39. The summed E-state index contributed by atoms with van der Waals surface area (Å²) in [5.41, 5.74) is 0. The number of aliphatic carboxylic acids is 3. The van der Waals surface area contributed by atoms with Crippen LogP contribution < -0.4 is 0 Å². The lowest BCUT2D eigenvalue weighted by molar-refractivity contribution is -0.138. The lowest BCUT2D eigenvalue weighted by Crippen LogP contribution is -2.46. The van der Waals surface area contributed by atoms with Crippen LogP contribution in [0, 0.1) is 0 Å². The minimum absolute atomic E-state index is 0.0518. The number of hydrogen-bond donors (Lipinski definition) is 4. The van der Waals surface area contributed by atoms with Crippen molar-refractivity contribution in [2.24, 2.45) is 0 Å². The lowest BCUT2D eigenvalue weighted by atomic mass is 10.2. The van der Waals surface area contributed by atoms with Gasteiger partial charge in [-0.3, -0.25) is 14.4 Å². The zero-order chi connectivity index (χ0) is 36.3. The highest BCUT2D eigenvalue weighted by molar-refractivity contribution is 6.60. The molecule has 1 aliphatic heterocycles. The van der Waals surface area contributed by atoms with E-state index >= 15 is 0 Å². The van der Waals surface area contributed by atoms with E-state index in [1.54, 1.807) is 0 Å². The first-order valence-corrected chi connectivity index (χ1v) is 20.2. The van der Waals surface area contributed by atoms with E-state index in [0.717, 1.165) is 25.7 Å². The molecule has 0 aromatic carbocycles. The molecule has 1 fully saturated rings. The molecular formula is C33H66N4O11Si. The van der Waals surface area contributed by atoms with Crippen molar-refractivity contribution in [1.82, 2.24) is 19.6 Å². The molecule has 1 saturated heterocycles. The summed E-state index contributed by atoms with van der Waals surface area (Å²) < 4.78 is 23.6. The van der Waals surface area contributed by atoms with Crippen molar-refractivity contribution in [1.29, 1.82) is 0 Å². The van der Waals surface area contributed by atoms with Gasteiger partial charge >= 0.3 is 26.7 Å². The molecule has 49 heavy (non-hydrogen) atoms. The van der Waals surface area contributed by atoms with Gasteiger partial charge in [0, 0.05) is 58.7 Å². The van der Waals surface area contributed by atoms with E-state index in [4.69, 9.17) is 18.0 Å². The van der Waals surface area contributed by atoms with Gasteiger partial charge in [-0.05, 0) is 105 Å². The maximum atomic E-state index is 11.3. The Morgan fingerprint density at radius 2 is 0.959 bits per heavy atom. The van der Waals surface area contributed by atoms with Crippen LogP contribution in [-0.4, -0.2) is 184 Å². The second-order valence-electron chi connectivity index (χ2n) is 12.5. The zero-order valence-corrected chi connectivity index (χ0v) is 31.4. The molecule has 4 N–H and O–H groups in total. The van der Waals surface area contributed by atoms with Gasteiger partial charge in [0.2, 0.25) is 0 Å². The number of rotatable bonds is 23. The van der Waals surface area contributed by atoms with Gasteiger partial charge in [-0.25, -0.2) is 0 Å². The standard InChI is InChI=1S/C33H66N4O11Si/c1-4-46-49(47-5-2,48-6-3)27-11-26-45-29-30(38)28-37-21-9-19-35(24-13-32(41)42)17-7-15-34(23-12-31(39)40)16-8-18-36(20-10-22-37)25-14-33(43)44/h30,38H,4-29H2,1-3H3,(H,39,40)(H,41,42)(H,43,44). The van der Waals surface area contributed by atoms with Crippen LogP contribution in [0.1, 0.15) is 72.1 Å². The summed E-state index contributed by atoms with van der Waals surface area (Å²) in [5.74, 6) is -2.52. The lowest BCUT2D eigenvalue weighted by Gasteiger charge is -2.30. The predicted molar refractivity (Wildman–Crippen MR) is 188 cm³/mol. The van der Waals surface area contributed by atoms with E-state index < -0.39 is 32.8 Å². The molecule has 0 saturated carbocycles. The number of aliphatic hydroxyl groups excluding tert-OH is 1. The Bertz CT molecular complexity index is 837. The van der Waals surface area contributed by atoms with Crippen LogP contribution in [0.15, 0.2) is 0 Å². The van der Waals surface area contributed by atoms with Crippen molar-refractivity contribution in [2.75, 3.05) is 112 Å². The Morgan fingerprint density at radius 1 is 0.612 bits per heavy atom. The summed E-state index contributed by atoms with van der Waals surface area (Å²) in [4.78, 5) is 42.6. The molecule has 0 aromatic rings. The van der Waals surface area contributed by atoms with Crippen molar-refractivity contribution < 1.29 is 52.8 Å². The molecule has 1 rings (SSSR count). The summed E-state index contributed by atoms with van der Waals surface area (Å²) in [6.07, 6.45) is 3.30. The van der Waals surface area contributed by atoms with Gasteiger partial charge in [0.25, 0.3) is 0 Å². The first-order chi connectivity index (χ1) is 23.5. The third-order valence-electron chi connectivity index (χ3n) is 8.36. The Hall–Kier alpha value is -1.73.